The highest BCUT2D eigenvalue weighted by molar-refractivity contribution is 7.14. The lowest BCUT2D eigenvalue weighted by Gasteiger charge is -1.96. The van der Waals surface area contributed by atoms with Crippen molar-refractivity contribution in [1.29, 1.82) is 0 Å². The standard InChI is InChI=1S/C16H13N3OS/c20-14-8-4-5-12(9-14)10-17-19-16-18-15(11-21-16)13-6-2-1-3-7-13/h1-11,20H,(H,18,19). The summed E-state index contributed by atoms with van der Waals surface area (Å²) in [5, 5.41) is 16.2. The highest BCUT2D eigenvalue weighted by atomic mass is 32.1. The molecule has 4 nitrogen and oxygen atoms in total. The molecule has 0 spiro atoms. The number of phenols is 1. The molecule has 0 bridgehead atoms. The molecule has 0 aliphatic carbocycles. The Morgan fingerprint density at radius 2 is 1.95 bits per heavy atom. The summed E-state index contributed by atoms with van der Waals surface area (Å²) >= 11 is 1.50. The Hall–Kier alpha value is -2.66. The third-order valence-corrected chi connectivity index (χ3v) is 3.56. The number of nitrogens with zero attached hydrogens (tertiary/aromatic N) is 2. The Labute approximate surface area is 126 Å². The highest BCUT2D eigenvalue weighted by Crippen LogP contribution is 2.24. The summed E-state index contributed by atoms with van der Waals surface area (Å²) in [6, 6.07) is 16.9. The molecular weight excluding hydrogens is 282 g/mol. The van der Waals surface area contributed by atoms with Gasteiger partial charge in [0.05, 0.1) is 11.9 Å². The Balaban J connectivity index is 1.68. The zero-order valence-corrected chi connectivity index (χ0v) is 11.9. The fourth-order valence-corrected chi connectivity index (χ4v) is 2.50. The maximum absolute atomic E-state index is 9.37. The van der Waals surface area contributed by atoms with Crippen LogP contribution in [0.1, 0.15) is 5.56 Å². The maximum atomic E-state index is 9.37. The fraction of sp³-hybridized carbons (Fsp3) is 0. The van der Waals surface area contributed by atoms with Crippen molar-refractivity contribution in [3.8, 4) is 17.0 Å². The predicted octanol–water partition coefficient (Wildman–Crippen LogP) is 3.96. The van der Waals surface area contributed by atoms with Gasteiger partial charge in [-0.2, -0.15) is 5.10 Å². The second kappa shape index (κ2) is 6.19. The van der Waals surface area contributed by atoms with Gasteiger partial charge in [0.15, 0.2) is 0 Å². The lowest BCUT2D eigenvalue weighted by molar-refractivity contribution is 0.475. The number of phenolic OH excluding ortho intramolecular Hbond substituents is 1. The van der Waals surface area contributed by atoms with E-state index in [2.05, 4.69) is 15.5 Å². The van der Waals surface area contributed by atoms with Gasteiger partial charge in [0.25, 0.3) is 0 Å². The number of thiazole rings is 1. The quantitative estimate of drug-likeness (QED) is 0.566. The van der Waals surface area contributed by atoms with Gasteiger partial charge in [0, 0.05) is 10.9 Å². The van der Waals surface area contributed by atoms with Crippen LogP contribution in [-0.2, 0) is 0 Å². The largest absolute Gasteiger partial charge is 0.508 e. The molecule has 0 saturated carbocycles. The Kier molecular flexibility index (Phi) is 3.93. The van der Waals surface area contributed by atoms with Crippen LogP contribution in [0.15, 0.2) is 65.1 Å². The van der Waals surface area contributed by atoms with Crippen molar-refractivity contribution in [2.24, 2.45) is 5.10 Å². The maximum Gasteiger partial charge on any atom is 0.203 e. The van der Waals surface area contributed by atoms with Crippen molar-refractivity contribution >= 4 is 22.7 Å². The molecule has 0 radical (unpaired) electrons. The number of benzene rings is 2. The number of nitrogens with one attached hydrogen (secondary N) is 1. The van der Waals surface area contributed by atoms with Crippen LogP contribution in [0.3, 0.4) is 0 Å². The lowest BCUT2D eigenvalue weighted by Crippen LogP contribution is -1.90. The van der Waals surface area contributed by atoms with E-state index in [-0.39, 0.29) is 5.75 Å². The minimum atomic E-state index is 0.222. The molecule has 21 heavy (non-hydrogen) atoms. The normalized spacial score (nSPS) is 10.9. The predicted molar refractivity (Wildman–Crippen MR) is 86.9 cm³/mol. The second-order valence-corrected chi connectivity index (χ2v) is 5.23. The lowest BCUT2D eigenvalue weighted by atomic mass is 10.2. The number of aromatic nitrogens is 1. The Morgan fingerprint density at radius 1 is 1.10 bits per heavy atom. The summed E-state index contributed by atoms with van der Waals surface area (Å²) in [5.41, 5.74) is 5.73. The Bertz CT molecular complexity index is 753. The molecule has 0 fully saturated rings. The molecule has 1 heterocycles. The Morgan fingerprint density at radius 3 is 2.76 bits per heavy atom. The van der Waals surface area contributed by atoms with E-state index in [1.165, 1.54) is 11.3 Å². The van der Waals surface area contributed by atoms with Crippen LogP contribution >= 0.6 is 11.3 Å². The molecule has 0 atom stereocenters. The molecule has 0 saturated heterocycles. The summed E-state index contributed by atoms with van der Waals surface area (Å²) in [7, 11) is 0. The first kappa shape index (κ1) is 13.3. The van der Waals surface area contributed by atoms with Crippen LogP contribution in [0, 0.1) is 0 Å². The first-order valence-electron chi connectivity index (χ1n) is 6.40. The number of hydrogen-bond donors (Lipinski definition) is 2. The minimum Gasteiger partial charge on any atom is -0.508 e. The zero-order chi connectivity index (χ0) is 14.5. The molecule has 104 valence electrons. The summed E-state index contributed by atoms with van der Waals surface area (Å²) in [4.78, 5) is 4.47. The van der Waals surface area contributed by atoms with Gasteiger partial charge in [0.2, 0.25) is 5.13 Å². The molecule has 2 N–H and O–H groups in total. The molecule has 0 amide bonds. The smallest absolute Gasteiger partial charge is 0.203 e. The van der Waals surface area contributed by atoms with Gasteiger partial charge in [-0.15, -0.1) is 11.3 Å². The average molecular weight is 295 g/mol. The van der Waals surface area contributed by atoms with Gasteiger partial charge in [-0.1, -0.05) is 42.5 Å². The minimum absolute atomic E-state index is 0.222. The van der Waals surface area contributed by atoms with Gasteiger partial charge < -0.3 is 5.11 Å². The van der Waals surface area contributed by atoms with Crippen molar-refractivity contribution < 1.29 is 5.11 Å². The number of aromatic hydroxyl groups is 1. The van der Waals surface area contributed by atoms with E-state index in [0.29, 0.717) is 0 Å². The summed E-state index contributed by atoms with van der Waals surface area (Å²) in [6.07, 6.45) is 1.64. The van der Waals surface area contributed by atoms with Crippen LogP contribution in [-0.4, -0.2) is 16.3 Å². The number of hydrazone groups is 1. The van der Waals surface area contributed by atoms with Crippen LogP contribution in [0.5, 0.6) is 5.75 Å². The van der Waals surface area contributed by atoms with E-state index in [4.69, 9.17) is 0 Å². The molecule has 0 unspecified atom stereocenters. The molecule has 1 aromatic heterocycles. The molecule has 0 aliphatic heterocycles. The highest BCUT2D eigenvalue weighted by Gasteiger charge is 2.02. The van der Waals surface area contributed by atoms with Crippen molar-refractivity contribution in [3.05, 3.63) is 65.5 Å². The van der Waals surface area contributed by atoms with E-state index >= 15 is 0 Å². The van der Waals surface area contributed by atoms with Crippen molar-refractivity contribution in [2.75, 3.05) is 5.43 Å². The van der Waals surface area contributed by atoms with Crippen molar-refractivity contribution in [1.82, 2.24) is 4.98 Å². The van der Waals surface area contributed by atoms with Crippen molar-refractivity contribution in [3.63, 3.8) is 0 Å². The molecule has 0 aliphatic rings. The number of rotatable bonds is 4. The van der Waals surface area contributed by atoms with E-state index in [1.54, 1.807) is 24.4 Å². The molecule has 3 rings (SSSR count). The third-order valence-electron chi connectivity index (χ3n) is 2.82. The molecule has 2 aromatic carbocycles. The fourth-order valence-electron chi connectivity index (χ4n) is 1.83. The monoisotopic (exact) mass is 295 g/mol. The van der Waals surface area contributed by atoms with Crippen LogP contribution in [0.2, 0.25) is 0 Å². The van der Waals surface area contributed by atoms with Gasteiger partial charge in [-0.05, 0) is 17.7 Å². The van der Waals surface area contributed by atoms with Gasteiger partial charge in [0.1, 0.15) is 5.75 Å². The average Bonchev–Trinajstić information content (AvgIpc) is 2.97. The van der Waals surface area contributed by atoms with Gasteiger partial charge >= 0.3 is 0 Å². The van der Waals surface area contributed by atoms with E-state index in [1.807, 2.05) is 41.8 Å². The first-order valence-corrected chi connectivity index (χ1v) is 7.28. The summed E-state index contributed by atoms with van der Waals surface area (Å²) < 4.78 is 0. The van der Waals surface area contributed by atoms with E-state index < -0.39 is 0 Å². The van der Waals surface area contributed by atoms with Gasteiger partial charge in [-0.25, -0.2) is 4.98 Å². The molecule has 5 heteroatoms. The SMILES string of the molecule is Oc1cccc(C=NNc2nc(-c3ccccc3)cs2)c1. The van der Waals surface area contributed by atoms with Crippen LogP contribution < -0.4 is 5.43 Å². The number of anilines is 1. The summed E-state index contributed by atoms with van der Waals surface area (Å²) in [5.74, 6) is 0.222. The van der Waals surface area contributed by atoms with Crippen LogP contribution in [0.25, 0.3) is 11.3 Å². The van der Waals surface area contributed by atoms with E-state index in [0.717, 1.165) is 22.0 Å². The van der Waals surface area contributed by atoms with Crippen LogP contribution in [0.4, 0.5) is 5.13 Å². The molecular formula is C16H13N3OS. The third kappa shape index (κ3) is 3.46. The van der Waals surface area contributed by atoms with Gasteiger partial charge in [-0.3, -0.25) is 5.43 Å². The molecule has 3 aromatic rings. The number of hydrogen-bond acceptors (Lipinski definition) is 5. The van der Waals surface area contributed by atoms with Crippen molar-refractivity contribution in [2.45, 2.75) is 0 Å². The summed E-state index contributed by atoms with van der Waals surface area (Å²) in [6.45, 7) is 0. The topological polar surface area (TPSA) is 57.5 Å². The zero-order valence-electron chi connectivity index (χ0n) is 11.1. The van der Waals surface area contributed by atoms with E-state index in [9.17, 15) is 5.11 Å². The second-order valence-electron chi connectivity index (χ2n) is 4.37. The first-order chi connectivity index (χ1) is 10.3.